The fourth-order valence-electron chi connectivity index (χ4n) is 2.67. The van der Waals surface area contributed by atoms with Crippen molar-refractivity contribution in [3.05, 3.63) is 35.4 Å². The molecule has 0 aromatic heterocycles. The van der Waals surface area contributed by atoms with Gasteiger partial charge in [0.1, 0.15) is 0 Å². The molecule has 1 aromatic rings. The van der Waals surface area contributed by atoms with Crippen molar-refractivity contribution in [2.75, 3.05) is 19.6 Å². The van der Waals surface area contributed by atoms with Crippen LogP contribution >= 0.6 is 0 Å². The Morgan fingerprint density at radius 3 is 2.53 bits per heavy atom. The lowest BCUT2D eigenvalue weighted by molar-refractivity contribution is 0.143. The summed E-state index contributed by atoms with van der Waals surface area (Å²) in [6.45, 7) is 7.17. The normalized spacial score (nSPS) is 25.7. The molecule has 0 aliphatic carbocycles. The van der Waals surface area contributed by atoms with Crippen LogP contribution in [0.3, 0.4) is 0 Å². The Kier molecular flexibility index (Phi) is 4.53. The minimum Gasteiger partial charge on any atom is -0.388 e. The SMILES string of the molecule is CC1CN(CCC(O)c2cccc(F)c2F)CC1C. The number of hydrogen-bond donors (Lipinski definition) is 1. The molecule has 1 aromatic carbocycles. The van der Waals surface area contributed by atoms with Gasteiger partial charge in [0.2, 0.25) is 0 Å². The van der Waals surface area contributed by atoms with Crippen molar-refractivity contribution in [3.8, 4) is 0 Å². The number of aliphatic hydroxyl groups excluding tert-OH is 1. The van der Waals surface area contributed by atoms with E-state index >= 15 is 0 Å². The zero-order valence-corrected chi connectivity index (χ0v) is 11.4. The molecule has 1 saturated heterocycles. The largest absolute Gasteiger partial charge is 0.388 e. The number of halogens is 2. The maximum absolute atomic E-state index is 13.5. The summed E-state index contributed by atoms with van der Waals surface area (Å²) in [5, 5.41) is 9.98. The van der Waals surface area contributed by atoms with Gasteiger partial charge in [0.05, 0.1) is 6.10 Å². The predicted octanol–water partition coefficient (Wildman–Crippen LogP) is 2.98. The third-order valence-corrected chi connectivity index (χ3v) is 4.12. The summed E-state index contributed by atoms with van der Waals surface area (Å²) in [7, 11) is 0. The summed E-state index contributed by atoms with van der Waals surface area (Å²) in [5.41, 5.74) is 0.0558. The van der Waals surface area contributed by atoms with Crippen LogP contribution < -0.4 is 0 Å². The van der Waals surface area contributed by atoms with Gasteiger partial charge in [-0.1, -0.05) is 26.0 Å². The smallest absolute Gasteiger partial charge is 0.164 e. The molecule has 0 amide bonds. The Bertz CT molecular complexity index is 428. The van der Waals surface area contributed by atoms with E-state index in [1.807, 2.05) is 0 Å². The first kappa shape index (κ1) is 14.4. The fourth-order valence-corrected chi connectivity index (χ4v) is 2.67. The number of benzene rings is 1. The molecule has 0 spiro atoms. The van der Waals surface area contributed by atoms with E-state index in [9.17, 15) is 13.9 Å². The van der Waals surface area contributed by atoms with Crippen molar-refractivity contribution >= 4 is 0 Å². The maximum Gasteiger partial charge on any atom is 0.164 e. The molecule has 0 bridgehead atoms. The van der Waals surface area contributed by atoms with Crippen molar-refractivity contribution < 1.29 is 13.9 Å². The van der Waals surface area contributed by atoms with Crippen molar-refractivity contribution in [2.45, 2.75) is 26.4 Å². The van der Waals surface area contributed by atoms with E-state index in [0.717, 1.165) is 19.2 Å². The van der Waals surface area contributed by atoms with Crippen LogP contribution in [0.5, 0.6) is 0 Å². The van der Waals surface area contributed by atoms with Crippen molar-refractivity contribution in [1.29, 1.82) is 0 Å². The summed E-state index contributed by atoms with van der Waals surface area (Å²) in [6.07, 6.45) is -0.512. The summed E-state index contributed by atoms with van der Waals surface area (Å²) < 4.78 is 26.6. The van der Waals surface area contributed by atoms with Crippen LogP contribution in [-0.2, 0) is 0 Å². The van der Waals surface area contributed by atoms with Gasteiger partial charge in [-0.25, -0.2) is 8.78 Å². The average Bonchev–Trinajstić information content (AvgIpc) is 2.69. The van der Waals surface area contributed by atoms with Crippen molar-refractivity contribution in [2.24, 2.45) is 11.8 Å². The van der Waals surface area contributed by atoms with Crippen LogP contribution in [0.25, 0.3) is 0 Å². The summed E-state index contributed by atoms with van der Waals surface area (Å²) in [6, 6.07) is 3.94. The highest BCUT2D eigenvalue weighted by Gasteiger charge is 2.26. The maximum atomic E-state index is 13.5. The van der Waals surface area contributed by atoms with E-state index in [0.29, 0.717) is 24.8 Å². The van der Waals surface area contributed by atoms with Crippen LogP contribution in [0.4, 0.5) is 8.78 Å². The lowest BCUT2D eigenvalue weighted by Gasteiger charge is -2.18. The van der Waals surface area contributed by atoms with Gasteiger partial charge >= 0.3 is 0 Å². The third kappa shape index (κ3) is 3.31. The zero-order chi connectivity index (χ0) is 14.0. The summed E-state index contributed by atoms with van der Waals surface area (Å²) in [4.78, 5) is 2.27. The molecule has 3 atom stereocenters. The van der Waals surface area contributed by atoms with E-state index in [4.69, 9.17) is 0 Å². The molecule has 0 radical (unpaired) electrons. The molecule has 1 aliphatic rings. The Labute approximate surface area is 113 Å². The molecule has 3 unspecified atom stereocenters. The van der Waals surface area contributed by atoms with E-state index in [-0.39, 0.29) is 5.56 Å². The molecule has 1 N–H and O–H groups in total. The average molecular weight is 269 g/mol. The van der Waals surface area contributed by atoms with Gasteiger partial charge in [0.25, 0.3) is 0 Å². The topological polar surface area (TPSA) is 23.5 Å². The van der Waals surface area contributed by atoms with E-state index < -0.39 is 17.7 Å². The van der Waals surface area contributed by atoms with Gasteiger partial charge in [0.15, 0.2) is 11.6 Å². The standard InChI is InChI=1S/C15H21F2NO/c1-10-8-18(9-11(10)2)7-6-14(19)12-4-3-5-13(16)15(12)17/h3-5,10-11,14,19H,6-9H2,1-2H3. The van der Waals surface area contributed by atoms with Crippen LogP contribution in [0.15, 0.2) is 18.2 Å². The first-order valence-corrected chi connectivity index (χ1v) is 6.83. The summed E-state index contributed by atoms with van der Waals surface area (Å²) >= 11 is 0. The Morgan fingerprint density at radius 2 is 1.89 bits per heavy atom. The molecule has 4 heteroatoms. The quantitative estimate of drug-likeness (QED) is 0.908. The molecule has 1 fully saturated rings. The number of likely N-dealkylation sites (tertiary alicyclic amines) is 1. The molecule has 1 heterocycles. The molecule has 106 valence electrons. The molecular weight excluding hydrogens is 248 g/mol. The predicted molar refractivity (Wildman–Crippen MR) is 70.7 cm³/mol. The molecule has 1 aliphatic heterocycles. The number of nitrogens with zero attached hydrogens (tertiary/aromatic N) is 1. The van der Waals surface area contributed by atoms with Gasteiger partial charge in [-0.2, -0.15) is 0 Å². The fraction of sp³-hybridized carbons (Fsp3) is 0.600. The lowest BCUT2D eigenvalue weighted by Crippen LogP contribution is -2.23. The molecule has 19 heavy (non-hydrogen) atoms. The molecule has 0 saturated carbocycles. The molecule has 2 nitrogen and oxygen atoms in total. The van der Waals surface area contributed by atoms with Gasteiger partial charge in [0, 0.05) is 25.2 Å². The summed E-state index contributed by atoms with van der Waals surface area (Å²) in [5.74, 6) is -0.524. The van der Waals surface area contributed by atoms with E-state index in [1.165, 1.54) is 12.1 Å². The van der Waals surface area contributed by atoms with Crippen LogP contribution in [-0.4, -0.2) is 29.6 Å². The number of rotatable bonds is 4. The van der Waals surface area contributed by atoms with Gasteiger partial charge in [-0.3, -0.25) is 0 Å². The Morgan fingerprint density at radius 1 is 1.26 bits per heavy atom. The third-order valence-electron chi connectivity index (χ3n) is 4.12. The molecular formula is C15H21F2NO. The highest BCUT2D eigenvalue weighted by Crippen LogP contribution is 2.25. The van der Waals surface area contributed by atoms with Gasteiger partial charge < -0.3 is 10.0 Å². The van der Waals surface area contributed by atoms with Crippen molar-refractivity contribution in [1.82, 2.24) is 4.90 Å². The van der Waals surface area contributed by atoms with Gasteiger partial charge in [-0.15, -0.1) is 0 Å². The van der Waals surface area contributed by atoms with Crippen LogP contribution in [0, 0.1) is 23.5 Å². The minimum atomic E-state index is -0.943. The Balaban J connectivity index is 1.91. The first-order valence-electron chi connectivity index (χ1n) is 6.83. The lowest BCUT2D eigenvalue weighted by atomic mass is 10.0. The van der Waals surface area contributed by atoms with Crippen molar-refractivity contribution in [3.63, 3.8) is 0 Å². The second kappa shape index (κ2) is 5.97. The van der Waals surface area contributed by atoms with Crippen LogP contribution in [0.2, 0.25) is 0 Å². The number of aliphatic hydroxyl groups is 1. The highest BCUT2D eigenvalue weighted by molar-refractivity contribution is 5.21. The number of hydrogen-bond acceptors (Lipinski definition) is 2. The zero-order valence-electron chi connectivity index (χ0n) is 11.4. The van der Waals surface area contributed by atoms with Gasteiger partial charge in [-0.05, 0) is 24.3 Å². The van der Waals surface area contributed by atoms with E-state index in [1.54, 1.807) is 0 Å². The Hall–Kier alpha value is -1.00. The minimum absolute atomic E-state index is 0.0558. The first-order chi connectivity index (χ1) is 8.99. The monoisotopic (exact) mass is 269 g/mol. The molecule has 2 rings (SSSR count). The van der Waals surface area contributed by atoms with Crippen LogP contribution in [0.1, 0.15) is 31.9 Å². The van der Waals surface area contributed by atoms with E-state index in [2.05, 4.69) is 18.7 Å². The highest BCUT2D eigenvalue weighted by atomic mass is 19.2. The second-order valence-corrected chi connectivity index (χ2v) is 5.66. The second-order valence-electron chi connectivity index (χ2n) is 5.66.